The molecule has 2 aromatic rings. The largest absolute Gasteiger partial charge is 0.490 e. The van der Waals surface area contributed by atoms with E-state index in [2.05, 4.69) is 11.9 Å². The minimum Gasteiger partial charge on any atom is -0.490 e. The van der Waals surface area contributed by atoms with Gasteiger partial charge in [-0.15, -0.1) is 11.8 Å². The molecular formula is C22H20N2O4S2. The van der Waals surface area contributed by atoms with Gasteiger partial charge in [-0.1, -0.05) is 30.9 Å². The highest BCUT2D eigenvalue weighted by Crippen LogP contribution is 2.32. The van der Waals surface area contributed by atoms with Gasteiger partial charge in [0.25, 0.3) is 11.1 Å². The molecule has 3 rings (SSSR count). The average Bonchev–Trinajstić information content (AvgIpc) is 3.00. The second kappa shape index (κ2) is 10.2. The molecule has 1 N–H and O–H groups in total. The van der Waals surface area contributed by atoms with Crippen molar-refractivity contribution in [3.8, 4) is 5.75 Å². The minimum absolute atomic E-state index is 0.275. The van der Waals surface area contributed by atoms with Crippen LogP contribution in [0, 0.1) is 0 Å². The van der Waals surface area contributed by atoms with Crippen molar-refractivity contribution in [1.82, 2.24) is 4.90 Å². The normalized spacial score (nSPS) is 14.8. The number of thioether (sulfide) groups is 2. The van der Waals surface area contributed by atoms with Crippen LogP contribution < -0.4 is 10.1 Å². The van der Waals surface area contributed by atoms with Crippen LogP contribution >= 0.6 is 23.5 Å². The first-order chi connectivity index (χ1) is 14.5. The molecule has 3 amide bonds. The van der Waals surface area contributed by atoms with Crippen LogP contribution in [0.2, 0.25) is 0 Å². The Labute approximate surface area is 183 Å². The zero-order valence-electron chi connectivity index (χ0n) is 16.3. The van der Waals surface area contributed by atoms with Crippen molar-refractivity contribution in [2.24, 2.45) is 0 Å². The zero-order chi connectivity index (χ0) is 21.5. The van der Waals surface area contributed by atoms with E-state index in [1.54, 1.807) is 54.2 Å². The number of rotatable bonds is 8. The summed E-state index contributed by atoms with van der Waals surface area (Å²) in [7, 11) is 0. The van der Waals surface area contributed by atoms with E-state index < -0.39 is 17.1 Å². The maximum atomic E-state index is 12.6. The first-order valence-electron chi connectivity index (χ1n) is 9.03. The van der Waals surface area contributed by atoms with Crippen LogP contribution in [0.1, 0.15) is 5.56 Å². The van der Waals surface area contributed by atoms with Gasteiger partial charge in [-0.2, -0.15) is 0 Å². The summed E-state index contributed by atoms with van der Waals surface area (Å²) in [6.07, 6.45) is 5.22. The molecule has 1 fully saturated rings. The third-order valence-corrected chi connectivity index (χ3v) is 5.71. The second-order valence-electron chi connectivity index (χ2n) is 6.22. The summed E-state index contributed by atoms with van der Waals surface area (Å²) in [6.45, 7) is 3.67. The summed E-state index contributed by atoms with van der Waals surface area (Å²) in [5, 5.41) is 2.26. The first-order valence-corrected chi connectivity index (χ1v) is 11.1. The monoisotopic (exact) mass is 440 g/mol. The topological polar surface area (TPSA) is 75.7 Å². The molecule has 1 heterocycles. The Morgan fingerprint density at radius 3 is 2.70 bits per heavy atom. The average molecular weight is 441 g/mol. The highest BCUT2D eigenvalue weighted by Gasteiger charge is 2.36. The summed E-state index contributed by atoms with van der Waals surface area (Å²) < 4.78 is 5.42. The molecule has 6 nitrogen and oxygen atoms in total. The number of hydrogen-bond donors (Lipinski definition) is 1. The Bertz CT molecular complexity index is 1000. The number of nitrogens with zero attached hydrogens (tertiary/aromatic N) is 1. The molecule has 0 radical (unpaired) electrons. The van der Waals surface area contributed by atoms with Crippen LogP contribution in [0.4, 0.5) is 10.5 Å². The van der Waals surface area contributed by atoms with Gasteiger partial charge in [0, 0.05) is 10.6 Å². The molecule has 0 atom stereocenters. The van der Waals surface area contributed by atoms with E-state index in [1.807, 2.05) is 24.5 Å². The van der Waals surface area contributed by atoms with E-state index in [-0.39, 0.29) is 11.4 Å². The van der Waals surface area contributed by atoms with Gasteiger partial charge in [0.05, 0.1) is 4.91 Å². The number of imide groups is 1. The number of hydrogen-bond acceptors (Lipinski definition) is 6. The predicted molar refractivity (Wildman–Crippen MR) is 122 cm³/mol. The zero-order valence-corrected chi connectivity index (χ0v) is 17.9. The molecule has 1 aliphatic rings. The SMILES string of the molecule is C=CCOc1ccc(/C=C2/SC(=O)N(CC(=O)Nc3cccc(SC)c3)C2=O)cc1. The Balaban J connectivity index is 1.64. The van der Waals surface area contributed by atoms with Crippen molar-refractivity contribution in [3.05, 3.63) is 71.7 Å². The van der Waals surface area contributed by atoms with Gasteiger partial charge in [-0.05, 0) is 60.0 Å². The fourth-order valence-corrected chi connectivity index (χ4v) is 3.95. The van der Waals surface area contributed by atoms with Crippen molar-refractivity contribution < 1.29 is 19.1 Å². The summed E-state index contributed by atoms with van der Waals surface area (Å²) >= 11 is 2.38. The summed E-state index contributed by atoms with van der Waals surface area (Å²) in [4.78, 5) is 39.4. The number of carbonyl (C=O) groups excluding carboxylic acids is 3. The molecule has 0 saturated carbocycles. The van der Waals surface area contributed by atoms with E-state index >= 15 is 0 Å². The molecule has 0 aliphatic carbocycles. The fourth-order valence-electron chi connectivity index (χ4n) is 2.65. The Hall–Kier alpha value is -2.97. The lowest BCUT2D eigenvalue weighted by atomic mass is 10.2. The van der Waals surface area contributed by atoms with E-state index in [4.69, 9.17) is 4.74 Å². The van der Waals surface area contributed by atoms with Crippen LogP contribution in [-0.4, -0.2) is 41.4 Å². The van der Waals surface area contributed by atoms with Gasteiger partial charge in [0.1, 0.15) is 18.9 Å². The first kappa shape index (κ1) is 21.7. The number of nitrogens with one attached hydrogen (secondary N) is 1. The number of benzene rings is 2. The second-order valence-corrected chi connectivity index (χ2v) is 8.09. The number of ether oxygens (including phenoxy) is 1. The lowest BCUT2D eigenvalue weighted by molar-refractivity contribution is -0.127. The minimum atomic E-state index is -0.481. The Morgan fingerprint density at radius 2 is 2.00 bits per heavy atom. The number of anilines is 1. The van der Waals surface area contributed by atoms with E-state index in [9.17, 15) is 14.4 Å². The van der Waals surface area contributed by atoms with Crippen LogP contribution in [0.15, 0.2) is 71.0 Å². The van der Waals surface area contributed by atoms with Gasteiger partial charge in [-0.25, -0.2) is 0 Å². The van der Waals surface area contributed by atoms with E-state index in [0.717, 1.165) is 27.1 Å². The lowest BCUT2D eigenvalue weighted by Gasteiger charge is -2.12. The van der Waals surface area contributed by atoms with Crippen LogP contribution in [0.5, 0.6) is 5.75 Å². The predicted octanol–water partition coefficient (Wildman–Crippen LogP) is 4.65. The van der Waals surface area contributed by atoms with Crippen LogP contribution in [0.3, 0.4) is 0 Å². The highest BCUT2D eigenvalue weighted by atomic mass is 32.2. The molecule has 2 aromatic carbocycles. The molecule has 1 aliphatic heterocycles. The third kappa shape index (κ3) is 5.55. The summed E-state index contributed by atoms with van der Waals surface area (Å²) in [5.74, 6) is -0.229. The van der Waals surface area contributed by atoms with Crippen LogP contribution in [-0.2, 0) is 9.59 Å². The van der Waals surface area contributed by atoms with Gasteiger partial charge < -0.3 is 10.1 Å². The smallest absolute Gasteiger partial charge is 0.294 e. The van der Waals surface area contributed by atoms with Crippen molar-refractivity contribution >= 4 is 52.3 Å². The van der Waals surface area contributed by atoms with Crippen LogP contribution in [0.25, 0.3) is 6.08 Å². The van der Waals surface area contributed by atoms with E-state index in [0.29, 0.717) is 18.0 Å². The van der Waals surface area contributed by atoms with Crippen molar-refractivity contribution in [1.29, 1.82) is 0 Å². The van der Waals surface area contributed by atoms with E-state index in [1.165, 1.54) is 0 Å². The summed E-state index contributed by atoms with van der Waals surface area (Å²) in [5.41, 5.74) is 1.37. The summed E-state index contributed by atoms with van der Waals surface area (Å²) in [6, 6.07) is 14.5. The Kier molecular flexibility index (Phi) is 7.37. The van der Waals surface area contributed by atoms with Crippen molar-refractivity contribution in [3.63, 3.8) is 0 Å². The van der Waals surface area contributed by atoms with Gasteiger partial charge >= 0.3 is 0 Å². The van der Waals surface area contributed by atoms with Gasteiger partial charge in [0.15, 0.2) is 0 Å². The maximum Gasteiger partial charge on any atom is 0.294 e. The van der Waals surface area contributed by atoms with Crippen molar-refractivity contribution in [2.45, 2.75) is 4.90 Å². The number of carbonyl (C=O) groups is 3. The standard InChI is InChI=1S/C22H20N2O4S2/c1-3-11-28-17-9-7-15(8-10-17)12-19-21(26)24(22(27)30-19)14-20(25)23-16-5-4-6-18(13-16)29-2/h3-10,12-13H,1,11,14H2,2H3,(H,23,25)/b19-12+. The molecular weight excluding hydrogens is 420 g/mol. The van der Waals surface area contributed by atoms with Gasteiger partial charge in [0.2, 0.25) is 5.91 Å². The van der Waals surface area contributed by atoms with Crippen molar-refractivity contribution in [2.75, 3.05) is 24.7 Å². The maximum absolute atomic E-state index is 12.6. The fraction of sp³-hybridized carbons (Fsp3) is 0.136. The van der Waals surface area contributed by atoms with Gasteiger partial charge in [-0.3, -0.25) is 19.3 Å². The molecule has 154 valence electrons. The molecule has 8 heteroatoms. The quantitative estimate of drug-likeness (QED) is 0.366. The molecule has 0 aromatic heterocycles. The third-order valence-electron chi connectivity index (χ3n) is 4.07. The Morgan fingerprint density at radius 1 is 1.23 bits per heavy atom. The molecule has 0 bridgehead atoms. The molecule has 0 spiro atoms. The molecule has 0 unspecified atom stereocenters. The highest BCUT2D eigenvalue weighted by molar-refractivity contribution is 8.18. The molecule has 1 saturated heterocycles. The molecule has 30 heavy (non-hydrogen) atoms. The number of amides is 3. The lowest BCUT2D eigenvalue weighted by Crippen LogP contribution is -2.36.